The van der Waals surface area contributed by atoms with E-state index in [1.807, 2.05) is 18.2 Å². The number of anilines is 1. The molecule has 4 nitrogen and oxygen atoms in total. The minimum atomic E-state index is -0.000682. The highest BCUT2D eigenvalue weighted by atomic mass is 32.1. The van der Waals surface area contributed by atoms with Gasteiger partial charge < -0.3 is 15.8 Å². The number of rotatable bonds is 5. The molecule has 1 unspecified atom stereocenters. The first-order valence-corrected chi connectivity index (χ1v) is 7.37. The van der Waals surface area contributed by atoms with Crippen molar-refractivity contribution in [1.82, 2.24) is 0 Å². The number of carbonyl (C=O) groups is 1. The summed E-state index contributed by atoms with van der Waals surface area (Å²) >= 11 is 4.92. The minimum Gasteiger partial charge on any atom is -0.389 e. The summed E-state index contributed by atoms with van der Waals surface area (Å²) in [5.74, 6) is -0.000682. The summed E-state index contributed by atoms with van der Waals surface area (Å²) in [7, 11) is 0. The van der Waals surface area contributed by atoms with Gasteiger partial charge >= 0.3 is 0 Å². The first kappa shape index (κ1) is 14.9. The van der Waals surface area contributed by atoms with Gasteiger partial charge in [0.25, 0.3) is 0 Å². The van der Waals surface area contributed by atoms with Crippen LogP contribution in [-0.4, -0.2) is 23.6 Å². The number of carbonyl (C=O) groups excluding carboxylic acids is 1. The molecule has 3 N–H and O–H groups in total. The van der Waals surface area contributed by atoms with E-state index in [-0.39, 0.29) is 12.0 Å². The van der Waals surface area contributed by atoms with Gasteiger partial charge in [-0.3, -0.25) is 4.79 Å². The van der Waals surface area contributed by atoms with Gasteiger partial charge in [0.2, 0.25) is 5.91 Å². The first-order valence-electron chi connectivity index (χ1n) is 6.96. The van der Waals surface area contributed by atoms with Crippen LogP contribution in [0.4, 0.5) is 5.69 Å². The number of hydrogen-bond donors (Lipinski definition) is 2. The molecule has 1 aromatic rings. The van der Waals surface area contributed by atoms with E-state index in [1.165, 1.54) is 6.42 Å². The smallest absolute Gasteiger partial charge is 0.224 e. The maximum Gasteiger partial charge on any atom is 0.224 e. The third kappa shape index (κ3) is 4.58. The number of nitrogens with one attached hydrogen (secondary N) is 1. The molecule has 1 aromatic carbocycles. The van der Waals surface area contributed by atoms with Crippen LogP contribution in [0, 0.1) is 0 Å². The van der Waals surface area contributed by atoms with Crippen molar-refractivity contribution < 1.29 is 9.53 Å². The highest BCUT2D eigenvalue weighted by Crippen LogP contribution is 2.17. The van der Waals surface area contributed by atoms with Crippen LogP contribution in [0.5, 0.6) is 0 Å². The zero-order chi connectivity index (χ0) is 14.4. The molecule has 5 heteroatoms. The normalized spacial score (nSPS) is 18.5. The summed E-state index contributed by atoms with van der Waals surface area (Å²) < 4.78 is 5.62. The van der Waals surface area contributed by atoms with Gasteiger partial charge in [-0.05, 0) is 37.8 Å². The lowest BCUT2D eigenvalue weighted by molar-refractivity contribution is -0.117. The van der Waals surface area contributed by atoms with Crippen LogP contribution in [0.3, 0.4) is 0 Å². The lowest BCUT2D eigenvalue weighted by Gasteiger charge is -2.22. The van der Waals surface area contributed by atoms with Crippen LogP contribution in [0.2, 0.25) is 0 Å². The van der Waals surface area contributed by atoms with E-state index in [0.29, 0.717) is 11.4 Å². The third-order valence-corrected chi connectivity index (χ3v) is 3.63. The predicted octanol–water partition coefficient (Wildman–Crippen LogP) is 2.61. The predicted molar refractivity (Wildman–Crippen MR) is 83.8 cm³/mol. The number of hydrogen-bond acceptors (Lipinski definition) is 3. The van der Waals surface area contributed by atoms with E-state index < -0.39 is 0 Å². The summed E-state index contributed by atoms with van der Waals surface area (Å²) in [5, 5.41) is 2.87. The molecule has 1 fully saturated rings. The molecule has 1 atom stereocenters. The fourth-order valence-corrected chi connectivity index (χ4v) is 2.43. The van der Waals surface area contributed by atoms with Crippen molar-refractivity contribution in [3.8, 4) is 0 Å². The van der Waals surface area contributed by atoms with E-state index in [4.69, 9.17) is 22.7 Å². The fraction of sp³-hybridized carbons (Fsp3) is 0.467. The Morgan fingerprint density at radius 2 is 2.30 bits per heavy atom. The van der Waals surface area contributed by atoms with E-state index >= 15 is 0 Å². The maximum atomic E-state index is 11.9. The summed E-state index contributed by atoms with van der Waals surface area (Å²) in [6, 6.07) is 7.27. The van der Waals surface area contributed by atoms with Gasteiger partial charge in [-0.15, -0.1) is 0 Å². The van der Waals surface area contributed by atoms with E-state index in [9.17, 15) is 4.79 Å². The summed E-state index contributed by atoms with van der Waals surface area (Å²) in [5.41, 5.74) is 7.06. The zero-order valence-electron chi connectivity index (χ0n) is 11.4. The van der Waals surface area contributed by atoms with Gasteiger partial charge in [0.05, 0.1) is 6.10 Å². The summed E-state index contributed by atoms with van der Waals surface area (Å²) in [4.78, 5) is 12.2. The zero-order valence-corrected chi connectivity index (χ0v) is 12.2. The average Bonchev–Trinajstić information content (AvgIpc) is 2.46. The fourth-order valence-electron chi connectivity index (χ4n) is 2.30. The largest absolute Gasteiger partial charge is 0.389 e. The Bertz CT molecular complexity index is 485. The standard InChI is InChI=1S/C15H20N2O2S/c16-15(20)11-4-3-5-12(10-11)17-14(18)8-7-13-6-1-2-9-19-13/h3-5,10,13H,1-2,6-9H2,(H2,16,20)(H,17,18). The summed E-state index contributed by atoms with van der Waals surface area (Å²) in [6.45, 7) is 0.822. The van der Waals surface area contributed by atoms with Gasteiger partial charge in [0.1, 0.15) is 4.99 Å². The molecular formula is C15H20N2O2S. The molecule has 0 aliphatic carbocycles. The maximum absolute atomic E-state index is 11.9. The second-order valence-corrected chi connectivity index (χ2v) is 5.46. The van der Waals surface area contributed by atoms with Gasteiger partial charge in [-0.25, -0.2) is 0 Å². The molecule has 0 saturated carbocycles. The molecule has 0 bridgehead atoms. The van der Waals surface area contributed by atoms with Crippen molar-refractivity contribution >= 4 is 28.8 Å². The lowest BCUT2D eigenvalue weighted by Crippen LogP contribution is -2.21. The SMILES string of the molecule is NC(=S)c1cccc(NC(=O)CCC2CCCCO2)c1. The Kier molecular flexibility index (Phi) is 5.49. The highest BCUT2D eigenvalue weighted by Gasteiger charge is 2.15. The van der Waals surface area contributed by atoms with Crippen LogP contribution < -0.4 is 11.1 Å². The number of benzene rings is 1. The van der Waals surface area contributed by atoms with Crippen molar-refractivity contribution in [3.63, 3.8) is 0 Å². The molecule has 1 aliphatic heterocycles. The van der Waals surface area contributed by atoms with Crippen LogP contribution in [-0.2, 0) is 9.53 Å². The molecule has 20 heavy (non-hydrogen) atoms. The number of amides is 1. The second-order valence-electron chi connectivity index (χ2n) is 5.02. The van der Waals surface area contributed by atoms with Gasteiger partial charge in [0, 0.05) is 24.3 Å². The monoisotopic (exact) mass is 292 g/mol. The Morgan fingerprint density at radius 1 is 1.45 bits per heavy atom. The molecule has 1 amide bonds. The van der Waals surface area contributed by atoms with Crippen LogP contribution >= 0.6 is 12.2 Å². The molecule has 108 valence electrons. The van der Waals surface area contributed by atoms with Crippen molar-refractivity contribution in [2.45, 2.75) is 38.2 Å². The number of thiocarbonyl (C=S) groups is 1. The number of ether oxygens (including phenoxy) is 1. The van der Waals surface area contributed by atoms with Crippen LogP contribution in [0.15, 0.2) is 24.3 Å². The van der Waals surface area contributed by atoms with Crippen molar-refractivity contribution in [3.05, 3.63) is 29.8 Å². The molecule has 0 spiro atoms. The van der Waals surface area contributed by atoms with Gasteiger partial charge in [-0.2, -0.15) is 0 Å². The third-order valence-electron chi connectivity index (χ3n) is 3.40. The Labute approximate surface area is 124 Å². The van der Waals surface area contributed by atoms with Crippen molar-refractivity contribution in [2.75, 3.05) is 11.9 Å². The van der Waals surface area contributed by atoms with Crippen LogP contribution in [0.25, 0.3) is 0 Å². The van der Waals surface area contributed by atoms with Crippen molar-refractivity contribution in [1.29, 1.82) is 0 Å². The molecule has 1 saturated heterocycles. The molecule has 1 aliphatic rings. The summed E-state index contributed by atoms with van der Waals surface area (Å²) in [6.07, 6.45) is 4.88. The van der Waals surface area contributed by atoms with Gasteiger partial charge in [-0.1, -0.05) is 24.4 Å². The Balaban J connectivity index is 1.81. The van der Waals surface area contributed by atoms with Crippen LogP contribution in [0.1, 0.15) is 37.7 Å². The second kappa shape index (κ2) is 7.36. The molecule has 1 heterocycles. The van der Waals surface area contributed by atoms with E-state index in [2.05, 4.69) is 5.32 Å². The Morgan fingerprint density at radius 3 is 3.00 bits per heavy atom. The van der Waals surface area contributed by atoms with Gasteiger partial charge in [0.15, 0.2) is 0 Å². The molecular weight excluding hydrogens is 272 g/mol. The van der Waals surface area contributed by atoms with E-state index in [0.717, 1.165) is 37.1 Å². The average molecular weight is 292 g/mol. The quantitative estimate of drug-likeness (QED) is 0.819. The number of nitrogens with two attached hydrogens (primary N) is 1. The molecule has 0 radical (unpaired) electrons. The lowest BCUT2D eigenvalue weighted by atomic mass is 10.0. The van der Waals surface area contributed by atoms with E-state index in [1.54, 1.807) is 6.07 Å². The first-order chi connectivity index (χ1) is 9.65. The topological polar surface area (TPSA) is 64.3 Å². The minimum absolute atomic E-state index is 0.000682. The Hall–Kier alpha value is -1.46. The highest BCUT2D eigenvalue weighted by molar-refractivity contribution is 7.80. The molecule has 2 rings (SSSR count). The van der Waals surface area contributed by atoms with Crippen molar-refractivity contribution in [2.24, 2.45) is 5.73 Å². The molecule has 0 aromatic heterocycles.